The highest BCUT2D eigenvalue weighted by molar-refractivity contribution is 5.94. The van der Waals surface area contributed by atoms with Crippen molar-refractivity contribution in [1.82, 2.24) is 0 Å². The molecule has 0 bridgehead atoms. The molecule has 2 saturated carbocycles. The van der Waals surface area contributed by atoms with Crippen LogP contribution in [0, 0.1) is 17.8 Å². The van der Waals surface area contributed by atoms with Gasteiger partial charge in [-0.05, 0) is 12.3 Å². The first kappa shape index (κ1) is 5.89. The molecule has 2 aliphatic rings. The molecule has 0 spiro atoms. The standard InChI is InChI=1S/C7H8O3/c8-4-2-1-3-5(4)6(3)7(9)10/h3,5-6H,1-2H2,(H,9,10)/t3-,5-,6+/m0/s1. The number of carbonyl (C=O) groups is 2. The fourth-order valence-electron chi connectivity index (χ4n) is 1.98. The summed E-state index contributed by atoms with van der Waals surface area (Å²) in [6, 6.07) is 0. The van der Waals surface area contributed by atoms with Crippen molar-refractivity contribution in [3.05, 3.63) is 0 Å². The molecule has 0 saturated heterocycles. The summed E-state index contributed by atoms with van der Waals surface area (Å²) in [6.07, 6.45) is 1.42. The van der Waals surface area contributed by atoms with Gasteiger partial charge in [-0.15, -0.1) is 0 Å². The van der Waals surface area contributed by atoms with Crippen LogP contribution in [0.25, 0.3) is 0 Å². The third kappa shape index (κ3) is 0.549. The fourth-order valence-corrected chi connectivity index (χ4v) is 1.98. The molecule has 3 heteroatoms. The van der Waals surface area contributed by atoms with E-state index < -0.39 is 5.97 Å². The first-order valence-electron chi connectivity index (χ1n) is 3.47. The van der Waals surface area contributed by atoms with Gasteiger partial charge in [-0.1, -0.05) is 0 Å². The number of fused-ring (bicyclic) bond motifs is 1. The Morgan fingerprint density at radius 1 is 1.60 bits per heavy atom. The third-order valence-electron chi connectivity index (χ3n) is 2.55. The molecule has 54 valence electrons. The summed E-state index contributed by atoms with van der Waals surface area (Å²) in [6.45, 7) is 0. The molecule has 10 heavy (non-hydrogen) atoms. The van der Waals surface area contributed by atoms with Gasteiger partial charge in [-0.3, -0.25) is 9.59 Å². The molecular weight excluding hydrogens is 132 g/mol. The van der Waals surface area contributed by atoms with E-state index in [4.69, 9.17) is 5.11 Å². The van der Waals surface area contributed by atoms with Gasteiger partial charge >= 0.3 is 5.97 Å². The lowest BCUT2D eigenvalue weighted by atomic mass is 10.1. The van der Waals surface area contributed by atoms with Crippen molar-refractivity contribution in [3.63, 3.8) is 0 Å². The molecule has 1 N–H and O–H groups in total. The van der Waals surface area contributed by atoms with Crippen molar-refractivity contribution < 1.29 is 14.7 Å². The second-order valence-electron chi connectivity index (χ2n) is 3.06. The van der Waals surface area contributed by atoms with Crippen LogP contribution >= 0.6 is 0 Å². The molecule has 3 nitrogen and oxygen atoms in total. The zero-order valence-corrected chi connectivity index (χ0v) is 5.41. The maximum absolute atomic E-state index is 10.9. The highest BCUT2D eigenvalue weighted by Gasteiger charge is 2.61. The Hall–Kier alpha value is -0.860. The lowest BCUT2D eigenvalue weighted by Crippen LogP contribution is -2.07. The second kappa shape index (κ2) is 1.59. The summed E-state index contributed by atoms with van der Waals surface area (Å²) in [4.78, 5) is 21.2. The molecule has 3 atom stereocenters. The number of ketones is 1. The summed E-state index contributed by atoms with van der Waals surface area (Å²) < 4.78 is 0. The van der Waals surface area contributed by atoms with E-state index in [2.05, 4.69) is 0 Å². The smallest absolute Gasteiger partial charge is 0.307 e. The van der Waals surface area contributed by atoms with Crippen LogP contribution < -0.4 is 0 Å². The molecule has 2 rings (SSSR count). The van der Waals surface area contributed by atoms with Crippen LogP contribution in [0.2, 0.25) is 0 Å². The summed E-state index contributed by atoms with van der Waals surface area (Å²) in [7, 11) is 0. The van der Waals surface area contributed by atoms with Crippen molar-refractivity contribution >= 4 is 11.8 Å². The Labute approximate surface area is 58.0 Å². The Balaban J connectivity index is 2.12. The van der Waals surface area contributed by atoms with Crippen LogP contribution in [-0.2, 0) is 9.59 Å². The van der Waals surface area contributed by atoms with E-state index in [0.717, 1.165) is 6.42 Å². The van der Waals surface area contributed by atoms with E-state index in [1.165, 1.54) is 0 Å². The molecule has 2 fully saturated rings. The van der Waals surface area contributed by atoms with Gasteiger partial charge in [0.2, 0.25) is 0 Å². The van der Waals surface area contributed by atoms with Crippen LogP contribution in [-0.4, -0.2) is 16.9 Å². The van der Waals surface area contributed by atoms with Crippen LogP contribution in [0.1, 0.15) is 12.8 Å². The van der Waals surface area contributed by atoms with Crippen LogP contribution in [0.4, 0.5) is 0 Å². The normalized spacial score (nSPS) is 43.2. The van der Waals surface area contributed by atoms with E-state index in [1.807, 2.05) is 0 Å². The molecule has 0 unspecified atom stereocenters. The number of aliphatic carboxylic acids is 1. The van der Waals surface area contributed by atoms with Gasteiger partial charge < -0.3 is 5.11 Å². The maximum atomic E-state index is 10.9. The number of carboxylic acids is 1. The fraction of sp³-hybridized carbons (Fsp3) is 0.714. The molecule has 0 aromatic rings. The molecule has 2 aliphatic carbocycles. The number of carboxylic acid groups (broad SMARTS) is 1. The summed E-state index contributed by atoms with van der Waals surface area (Å²) >= 11 is 0. The lowest BCUT2D eigenvalue weighted by molar-refractivity contribution is -0.140. The number of hydrogen-bond acceptors (Lipinski definition) is 2. The zero-order valence-electron chi connectivity index (χ0n) is 5.41. The summed E-state index contributed by atoms with van der Waals surface area (Å²) in [5.41, 5.74) is 0. The van der Waals surface area contributed by atoms with Crippen molar-refractivity contribution in [2.75, 3.05) is 0 Å². The molecule has 0 heterocycles. The zero-order chi connectivity index (χ0) is 7.30. The molecule has 0 amide bonds. The Morgan fingerprint density at radius 3 is 2.60 bits per heavy atom. The van der Waals surface area contributed by atoms with Gasteiger partial charge in [-0.25, -0.2) is 0 Å². The topological polar surface area (TPSA) is 54.4 Å². The number of carbonyl (C=O) groups excluding carboxylic acids is 1. The summed E-state index contributed by atoms with van der Waals surface area (Å²) in [5.74, 6) is -0.843. The van der Waals surface area contributed by atoms with Crippen molar-refractivity contribution in [2.45, 2.75) is 12.8 Å². The second-order valence-corrected chi connectivity index (χ2v) is 3.06. The molecule has 0 aromatic heterocycles. The Kier molecular flexibility index (Phi) is 0.938. The Morgan fingerprint density at radius 2 is 2.30 bits per heavy atom. The number of Topliss-reactive ketones (excluding diaryl/α,β-unsaturated/α-hetero) is 1. The van der Waals surface area contributed by atoms with E-state index >= 15 is 0 Å². The van der Waals surface area contributed by atoms with Crippen LogP contribution in [0.5, 0.6) is 0 Å². The minimum absolute atomic E-state index is 0.0995. The van der Waals surface area contributed by atoms with Crippen molar-refractivity contribution in [1.29, 1.82) is 0 Å². The van der Waals surface area contributed by atoms with Gasteiger partial charge in [-0.2, -0.15) is 0 Å². The van der Waals surface area contributed by atoms with E-state index in [9.17, 15) is 9.59 Å². The van der Waals surface area contributed by atoms with Gasteiger partial charge in [0.05, 0.1) is 5.92 Å². The number of rotatable bonds is 1. The SMILES string of the molecule is O=C(O)[C@@H]1[C@H]2CCC(=O)[C@H]21. The highest BCUT2D eigenvalue weighted by atomic mass is 16.4. The van der Waals surface area contributed by atoms with E-state index in [1.54, 1.807) is 0 Å². The monoisotopic (exact) mass is 140 g/mol. The average molecular weight is 140 g/mol. The quantitative estimate of drug-likeness (QED) is 0.569. The average Bonchev–Trinajstić information content (AvgIpc) is 2.48. The molecule has 0 aliphatic heterocycles. The molecule has 0 radical (unpaired) electrons. The van der Waals surface area contributed by atoms with Gasteiger partial charge in [0.1, 0.15) is 5.78 Å². The first-order valence-corrected chi connectivity index (χ1v) is 3.47. The summed E-state index contributed by atoms with van der Waals surface area (Å²) in [5, 5.41) is 8.52. The third-order valence-corrected chi connectivity index (χ3v) is 2.55. The largest absolute Gasteiger partial charge is 0.481 e. The maximum Gasteiger partial charge on any atom is 0.307 e. The predicted molar refractivity (Wildman–Crippen MR) is 32.3 cm³/mol. The van der Waals surface area contributed by atoms with Crippen LogP contribution in [0.15, 0.2) is 0 Å². The predicted octanol–water partition coefficient (Wildman–Crippen LogP) is 0.296. The minimum Gasteiger partial charge on any atom is -0.481 e. The minimum atomic E-state index is -0.789. The van der Waals surface area contributed by atoms with Crippen molar-refractivity contribution in [2.24, 2.45) is 17.8 Å². The van der Waals surface area contributed by atoms with Gasteiger partial charge in [0.15, 0.2) is 0 Å². The lowest BCUT2D eigenvalue weighted by Gasteiger charge is -1.93. The van der Waals surface area contributed by atoms with Crippen molar-refractivity contribution in [3.8, 4) is 0 Å². The Bertz CT molecular complexity index is 205. The highest BCUT2D eigenvalue weighted by Crippen LogP contribution is 2.55. The van der Waals surface area contributed by atoms with E-state index in [0.29, 0.717) is 6.42 Å². The van der Waals surface area contributed by atoms with Gasteiger partial charge in [0.25, 0.3) is 0 Å². The molecule has 0 aromatic carbocycles. The molecular formula is C7H8O3. The van der Waals surface area contributed by atoms with Gasteiger partial charge in [0, 0.05) is 12.3 Å². The van der Waals surface area contributed by atoms with E-state index in [-0.39, 0.29) is 23.5 Å². The van der Waals surface area contributed by atoms with Crippen LogP contribution in [0.3, 0.4) is 0 Å². The first-order chi connectivity index (χ1) is 4.72. The number of hydrogen-bond donors (Lipinski definition) is 1.